The van der Waals surface area contributed by atoms with E-state index in [1.165, 1.54) is 6.07 Å². The third-order valence-corrected chi connectivity index (χ3v) is 6.76. The maximum atomic E-state index is 14.4. The maximum absolute atomic E-state index is 14.4. The van der Waals surface area contributed by atoms with Crippen molar-refractivity contribution in [3.63, 3.8) is 0 Å². The predicted molar refractivity (Wildman–Crippen MR) is 111 cm³/mol. The van der Waals surface area contributed by atoms with Crippen molar-refractivity contribution < 1.29 is 19.0 Å². The summed E-state index contributed by atoms with van der Waals surface area (Å²) in [6, 6.07) is 12.7. The zero-order chi connectivity index (χ0) is 20.4. The molecule has 1 N–H and O–H groups in total. The van der Waals surface area contributed by atoms with Crippen molar-refractivity contribution in [2.75, 3.05) is 20.8 Å². The van der Waals surface area contributed by atoms with Crippen LogP contribution in [-0.2, 0) is 6.54 Å². The lowest BCUT2D eigenvalue weighted by Gasteiger charge is -2.53. The van der Waals surface area contributed by atoms with Gasteiger partial charge >= 0.3 is 0 Å². The summed E-state index contributed by atoms with van der Waals surface area (Å²) in [6.45, 7) is 1.22. The number of benzene rings is 2. The minimum absolute atomic E-state index is 0.0568. The SMILES string of the molecule is COc1ccc(OC)c([C@@H]2[C@H]3CCCC[C@@]3(O)CCN2Cc2ccccc2F)c1. The fourth-order valence-corrected chi connectivity index (χ4v) is 5.25. The van der Waals surface area contributed by atoms with Gasteiger partial charge in [-0.1, -0.05) is 31.0 Å². The molecule has 0 amide bonds. The highest BCUT2D eigenvalue weighted by Gasteiger charge is 2.49. The fourth-order valence-electron chi connectivity index (χ4n) is 5.25. The number of rotatable bonds is 5. The molecule has 1 saturated carbocycles. The lowest BCUT2D eigenvalue weighted by Crippen LogP contribution is -2.54. The molecule has 0 unspecified atom stereocenters. The third kappa shape index (κ3) is 3.86. The normalized spacial score (nSPS) is 27.3. The molecule has 2 fully saturated rings. The van der Waals surface area contributed by atoms with E-state index in [9.17, 15) is 9.50 Å². The maximum Gasteiger partial charge on any atom is 0.127 e. The summed E-state index contributed by atoms with van der Waals surface area (Å²) in [4.78, 5) is 2.31. The Labute approximate surface area is 172 Å². The molecule has 5 heteroatoms. The molecule has 156 valence electrons. The summed E-state index contributed by atoms with van der Waals surface area (Å²) < 4.78 is 25.6. The van der Waals surface area contributed by atoms with Gasteiger partial charge in [-0.15, -0.1) is 0 Å². The van der Waals surface area contributed by atoms with E-state index < -0.39 is 5.60 Å². The molecule has 4 nitrogen and oxygen atoms in total. The Morgan fingerprint density at radius 3 is 2.69 bits per heavy atom. The van der Waals surface area contributed by atoms with Crippen molar-refractivity contribution in [1.82, 2.24) is 4.90 Å². The highest BCUT2D eigenvalue weighted by atomic mass is 19.1. The van der Waals surface area contributed by atoms with Crippen LogP contribution in [0.25, 0.3) is 0 Å². The number of hydrogen-bond acceptors (Lipinski definition) is 4. The van der Waals surface area contributed by atoms with Gasteiger partial charge in [-0.25, -0.2) is 4.39 Å². The van der Waals surface area contributed by atoms with Crippen LogP contribution in [0.4, 0.5) is 4.39 Å². The lowest BCUT2D eigenvalue weighted by molar-refractivity contribution is -0.126. The molecular formula is C24H30FNO3. The second-order valence-corrected chi connectivity index (χ2v) is 8.32. The molecule has 1 aliphatic carbocycles. The number of nitrogens with zero attached hydrogens (tertiary/aromatic N) is 1. The summed E-state index contributed by atoms with van der Waals surface area (Å²) in [5.74, 6) is 1.44. The van der Waals surface area contributed by atoms with E-state index in [0.717, 1.165) is 49.2 Å². The van der Waals surface area contributed by atoms with Gasteiger partial charge in [-0.3, -0.25) is 4.90 Å². The lowest BCUT2D eigenvalue weighted by atomic mass is 9.66. The van der Waals surface area contributed by atoms with Crippen LogP contribution in [0.5, 0.6) is 11.5 Å². The van der Waals surface area contributed by atoms with Crippen LogP contribution in [0.1, 0.15) is 49.3 Å². The Kier molecular flexibility index (Phi) is 5.79. The van der Waals surface area contributed by atoms with Crippen LogP contribution in [0.2, 0.25) is 0 Å². The largest absolute Gasteiger partial charge is 0.497 e. The number of ether oxygens (including phenoxy) is 2. The fraction of sp³-hybridized carbons (Fsp3) is 0.500. The molecule has 1 aliphatic heterocycles. The molecular weight excluding hydrogens is 369 g/mol. The van der Waals surface area contributed by atoms with E-state index in [1.54, 1.807) is 20.3 Å². The van der Waals surface area contributed by atoms with E-state index in [4.69, 9.17) is 9.47 Å². The summed E-state index contributed by atoms with van der Waals surface area (Å²) in [7, 11) is 3.32. The van der Waals surface area contributed by atoms with E-state index in [1.807, 2.05) is 30.3 Å². The molecule has 0 spiro atoms. The highest BCUT2D eigenvalue weighted by Crippen LogP contribution is 2.51. The molecule has 2 aromatic carbocycles. The number of aliphatic hydroxyl groups is 1. The smallest absolute Gasteiger partial charge is 0.127 e. The van der Waals surface area contributed by atoms with Crippen molar-refractivity contribution in [1.29, 1.82) is 0 Å². The first-order valence-corrected chi connectivity index (χ1v) is 10.5. The number of fused-ring (bicyclic) bond motifs is 1. The molecule has 0 bridgehead atoms. The number of halogens is 1. The van der Waals surface area contributed by atoms with E-state index in [2.05, 4.69) is 4.90 Å². The van der Waals surface area contributed by atoms with Gasteiger partial charge in [-0.05, 0) is 43.5 Å². The molecule has 1 saturated heterocycles. The van der Waals surface area contributed by atoms with Crippen LogP contribution in [-0.4, -0.2) is 36.4 Å². The second kappa shape index (κ2) is 8.33. The van der Waals surface area contributed by atoms with Crippen LogP contribution in [0, 0.1) is 11.7 Å². The van der Waals surface area contributed by atoms with Gasteiger partial charge in [0.1, 0.15) is 17.3 Å². The number of hydrogen-bond donors (Lipinski definition) is 1. The Morgan fingerprint density at radius 2 is 1.93 bits per heavy atom. The van der Waals surface area contributed by atoms with Gasteiger partial charge < -0.3 is 14.6 Å². The molecule has 3 atom stereocenters. The number of methoxy groups -OCH3 is 2. The minimum atomic E-state index is -0.678. The summed E-state index contributed by atoms with van der Waals surface area (Å²) in [5.41, 5.74) is 1.01. The van der Waals surface area contributed by atoms with Gasteiger partial charge in [0.15, 0.2) is 0 Å². The standard InChI is InChI=1S/C24H30FNO3/c1-28-18-10-11-22(29-2)19(15-18)23-20-8-5-6-12-24(20,27)13-14-26(23)16-17-7-3-4-9-21(17)25/h3-4,7,9-11,15,20,23,27H,5-6,8,12-14,16H2,1-2H3/t20-,23-,24-/m1/s1. The monoisotopic (exact) mass is 399 g/mol. The molecule has 29 heavy (non-hydrogen) atoms. The molecule has 0 aromatic heterocycles. The van der Waals surface area contributed by atoms with Gasteiger partial charge in [0.25, 0.3) is 0 Å². The van der Waals surface area contributed by atoms with Crippen molar-refractivity contribution in [2.24, 2.45) is 5.92 Å². The van der Waals surface area contributed by atoms with Crippen molar-refractivity contribution in [3.8, 4) is 11.5 Å². The van der Waals surface area contributed by atoms with Gasteiger partial charge in [0.05, 0.1) is 19.8 Å². The first-order chi connectivity index (χ1) is 14.1. The average molecular weight is 400 g/mol. The average Bonchev–Trinajstić information content (AvgIpc) is 2.74. The summed E-state index contributed by atoms with van der Waals surface area (Å²) in [5, 5.41) is 11.5. The van der Waals surface area contributed by atoms with E-state index in [0.29, 0.717) is 18.7 Å². The minimum Gasteiger partial charge on any atom is -0.497 e. The van der Waals surface area contributed by atoms with Gasteiger partial charge in [0, 0.05) is 36.2 Å². The molecule has 2 aliphatic rings. The molecule has 4 rings (SSSR count). The summed E-state index contributed by atoms with van der Waals surface area (Å²) in [6.07, 6.45) is 4.66. The Hall–Kier alpha value is -2.11. The van der Waals surface area contributed by atoms with Crippen LogP contribution in [0.15, 0.2) is 42.5 Å². The number of piperidine rings is 1. The first kappa shape index (κ1) is 20.2. The Morgan fingerprint density at radius 1 is 1.10 bits per heavy atom. The Balaban J connectivity index is 1.78. The first-order valence-electron chi connectivity index (χ1n) is 10.5. The van der Waals surface area contributed by atoms with E-state index in [-0.39, 0.29) is 17.8 Å². The predicted octanol–water partition coefficient (Wildman–Crippen LogP) is 4.71. The van der Waals surface area contributed by atoms with E-state index >= 15 is 0 Å². The van der Waals surface area contributed by atoms with Crippen LogP contribution in [0.3, 0.4) is 0 Å². The zero-order valence-electron chi connectivity index (χ0n) is 17.2. The van der Waals surface area contributed by atoms with Gasteiger partial charge in [-0.2, -0.15) is 0 Å². The third-order valence-electron chi connectivity index (χ3n) is 6.76. The van der Waals surface area contributed by atoms with Crippen molar-refractivity contribution in [2.45, 2.75) is 50.3 Å². The topological polar surface area (TPSA) is 41.9 Å². The zero-order valence-corrected chi connectivity index (χ0v) is 17.2. The second-order valence-electron chi connectivity index (χ2n) is 8.32. The number of likely N-dealkylation sites (tertiary alicyclic amines) is 1. The van der Waals surface area contributed by atoms with Crippen molar-refractivity contribution >= 4 is 0 Å². The van der Waals surface area contributed by atoms with Crippen LogP contribution >= 0.6 is 0 Å². The molecule has 0 radical (unpaired) electrons. The van der Waals surface area contributed by atoms with Crippen LogP contribution < -0.4 is 9.47 Å². The Bertz CT molecular complexity index is 858. The molecule has 2 aromatic rings. The van der Waals surface area contributed by atoms with Crippen molar-refractivity contribution in [3.05, 3.63) is 59.4 Å². The quantitative estimate of drug-likeness (QED) is 0.791. The van der Waals surface area contributed by atoms with Gasteiger partial charge in [0.2, 0.25) is 0 Å². The highest BCUT2D eigenvalue weighted by molar-refractivity contribution is 5.43. The molecule has 1 heterocycles. The summed E-state index contributed by atoms with van der Waals surface area (Å²) >= 11 is 0.